The summed E-state index contributed by atoms with van der Waals surface area (Å²) >= 11 is 0. The summed E-state index contributed by atoms with van der Waals surface area (Å²) in [6, 6.07) is 0. The van der Waals surface area contributed by atoms with Crippen molar-refractivity contribution < 1.29 is 9.47 Å². The summed E-state index contributed by atoms with van der Waals surface area (Å²) in [7, 11) is 0. The molecule has 0 spiro atoms. The summed E-state index contributed by atoms with van der Waals surface area (Å²) in [5, 5.41) is 13.7. The molecule has 37 heavy (non-hydrogen) atoms. The van der Waals surface area contributed by atoms with Gasteiger partial charge >= 0.3 is 0 Å². The van der Waals surface area contributed by atoms with Gasteiger partial charge in [0, 0.05) is 59.0 Å². The molecule has 1 unspecified atom stereocenters. The summed E-state index contributed by atoms with van der Waals surface area (Å²) < 4.78 is 11.8. The first-order valence-electron chi connectivity index (χ1n) is 16.4. The molecule has 0 saturated heterocycles. The number of unbranched alkanes of at least 4 members (excludes halogenated alkanes) is 15. The molecule has 0 aliphatic carbocycles. The van der Waals surface area contributed by atoms with Crippen LogP contribution >= 0.6 is 0 Å². The van der Waals surface area contributed by atoms with E-state index in [1.165, 1.54) is 103 Å². The maximum atomic E-state index is 5.92. The van der Waals surface area contributed by atoms with E-state index < -0.39 is 0 Å². The van der Waals surface area contributed by atoms with Crippen molar-refractivity contribution in [2.75, 3.05) is 72.2 Å². The molecule has 0 rings (SSSR count). The Labute approximate surface area is 232 Å². The standard InChI is InChI=1S/C31H68N4O2/c1-4-7-8-9-10-11-12-13-14-15-16-17-18-19-20-21-28-36-30-31(37-6-3)29-35-27-26-34-25-24-33-23-22-32-5-2/h31-35H,4-30H2,1-3H3. The van der Waals surface area contributed by atoms with Gasteiger partial charge in [0.1, 0.15) is 0 Å². The van der Waals surface area contributed by atoms with E-state index in [-0.39, 0.29) is 6.10 Å². The molecule has 4 N–H and O–H groups in total. The van der Waals surface area contributed by atoms with E-state index in [4.69, 9.17) is 9.47 Å². The molecule has 1 atom stereocenters. The Morgan fingerprint density at radius 3 is 1.38 bits per heavy atom. The minimum Gasteiger partial charge on any atom is -0.379 e. The zero-order valence-electron chi connectivity index (χ0n) is 25.5. The Morgan fingerprint density at radius 1 is 0.486 bits per heavy atom. The Kier molecular flexibility index (Phi) is 33.6. The summed E-state index contributed by atoms with van der Waals surface area (Å²) in [6.07, 6.45) is 22.6. The predicted molar refractivity (Wildman–Crippen MR) is 163 cm³/mol. The fourth-order valence-electron chi connectivity index (χ4n) is 4.59. The van der Waals surface area contributed by atoms with Crippen LogP contribution in [0.25, 0.3) is 0 Å². The van der Waals surface area contributed by atoms with Gasteiger partial charge in [-0.1, -0.05) is 110 Å². The van der Waals surface area contributed by atoms with Crippen LogP contribution in [0.4, 0.5) is 0 Å². The Morgan fingerprint density at radius 2 is 0.919 bits per heavy atom. The maximum Gasteiger partial charge on any atom is 0.0932 e. The van der Waals surface area contributed by atoms with Crippen molar-refractivity contribution in [2.24, 2.45) is 0 Å². The maximum absolute atomic E-state index is 5.92. The van der Waals surface area contributed by atoms with Crippen molar-refractivity contribution in [2.45, 2.75) is 130 Å². The van der Waals surface area contributed by atoms with Crippen LogP contribution in [0.1, 0.15) is 124 Å². The average molecular weight is 529 g/mol. The van der Waals surface area contributed by atoms with E-state index in [1.807, 2.05) is 0 Å². The van der Waals surface area contributed by atoms with Crippen LogP contribution in [0, 0.1) is 0 Å². The highest BCUT2D eigenvalue weighted by molar-refractivity contribution is 4.63. The highest BCUT2D eigenvalue weighted by atomic mass is 16.5. The normalized spacial score (nSPS) is 12.4. The summed E-state index contributed by atoms with van der Waals surface area (Å²) in [6.45, 7) is 16.7. The predicted octanol–water partition coefficient (Wildman–Crippen LogP) is 6.05. The van der Waals surface area contributed by atoms with Crippen LogP contribution in [-0.2, 0) is 9.47 Å². The van der Waals surface area contributed by atoms with Crippen molar-refractivity contribution in [1.29, 1.82) is 0 Å². The number of nitrogens with one attached hydrogen (secondary N) is 4. The summed E-state index contributed by atoms with van der Waals surface area (Å²) in [5.74, 6) is 0. The number of ether oxygens (including phenoxy) is 2. The topological polar surface area (TPSA) is 66.6 Å². The first-order valence-corrected chi connectivity index (χ1v) is 16.4. The molecule has 0 radical (unpaired) electrons. The van der Waals surface area contributed by atoms with Crippen LogP contribution in [0.2, 0.25) is 0 Å². The summed E-state index contributed by atoms with van der Waals surface area (Å²) in [5.41, 5.74) is 0. The number of rotatable bonds is 33. The second kappa shape index (κ2) is 33.8. The molecule has 0 saturated carbocycles. The third kappa shape index (κ3) is 31.9. The van der Waals surface area contributed by atoms with E-state index in [9.17, 15) is 0 Å². The van der Waals surface area contributed by atoms with E-state index in [0.29, 0.717) is 6.61 Å². The molecular formula is C31H68N4O2. The second-order valence-electron chi connectivity index (χ2n) is 10.5. The Bertz CT molecular complexity index is 401. The Hall–Kier alpha value is -0.240. The molecule has 0 aliphatic heterocycles. The first-order chi connectivity index (χ1) is 18.3. The zero-order chi connectivity index (χ0) is 26.9. The number of likely N-dealkylation sites (N-methyl/N-ethyl adjacent to an activating group) is 1. The van der Waals surface area contributed by atoms with Crippen molar-refractivity contribution in [3.05, 3.63) is 0 Å². The van der Waals surface area contributed by atoms with Gasteiger partial charge in [0.2, 0.25) is 0 Å². The lowest BCUT2D eigenvalue weighted by Crippen LogP contribution is -2.38. The van der Waals surface area contributed by atoms with E-state index in [2.05, 4.69) is 42.0 Å². The van der Waals surface area contributed by atoms with Gasteiger partial charge in [0.15, 0.2) is 0 Å². The van der Waals surface area contributed by atoms with Crippen LogP contribution in [0.3, 0.4) is 0 Å². The molecular weight excluding hydrogens is 460 g/mol. The van der Waals surface area contributed by atoms with Crippen LogP contribution in [-0.4, -0.2) is 78.3 Å². The Balaban J connectivity index is 3.34. The lowest BCUT2D eigenvalue weighted by Gasteiger charge is -2.18. The molecule has 0 aliphatic rings. The van der Waals surface area contributed by atoms with Gasteiger partial charge in [0.25, 0.3) is 0 Å². The highest BCUT2D eigenvalue weighted by Gasteiger charge is 2.08. The van der Waals surface area contributed by atoms with Crippen molar-refractivity contribution in [3.63, 3.8) is 0 Å². The molecule has 0 aromatic rings. The third-order valence-electron chi connectivity index (χ3n) is 6.91. The van der Waals surface area contributed by atoms with E-state index >= 15 is 0 Å². The van der Waals surface area contributed by atoms with Gasteiger partial charge in [-0.25, -0.2) is 0 Å². The smallest absolute Gasteiger partial charge is 0.0932 e. The number of hydrogen-bond donors (Lipinski definition) is 4. The molecule has 6 heteroatoms. The largest absolute Gasteiger partial charge is 0.379 e. The van der Waals surface area contributed by atoms with Crippen molar-refractivity contribution in [1.82, 2.24) is 21.3 Å². The van der Waals surface area contributed by atoms with Crippen LogP contribution < -0.4 is 21.3 Å². The summed E-state index contributed by atoms with van der Waals surface area (Å²) in [4.78, 5) is 0. The van der Waals surface area contributed by atoms with E-state index in [1.54, 1.807) is 0 Å². The van der Waals surface area contributed by atoms with Gasteiger partial charge < -0.3 is 30.7 Å². The van der Waals surface area contributed by atoms with Gasteiger partial charge in [-0.2, -0.15) is 0 Å². The lowest BCUT2D eigenvalue weighted by molar-refractivity contribution is -0.0113. The lowest BCUT2D eigenvalue weighted by atomic mass is 10.0. The van der Waals surface area contributed by atoms with Crippen LogP contribution in [0.15, 0.2) is 0 Å². The minimum absolute atomic E-state index is 0.152. The monoisotopic (exact) mass is 529 g/mol. The third-order valence-corrected chi connectivity index (χ3v) is 6.91. The van der Waals surface area contributed by atoms with Gasteiger partial charge in [0.05, 0.1) is 12.7 Å². The molecule has 224 valence electrons. The zero-order valence-corrected chi connectivity index (χ0v) is 25.5. The fraction of sp³-hybridized carbons (Fsp3) is 1.00. The first kappa shape index (κ1) is 36.8. The molecule has 0 amide bonds. The molecule has 6 nitrogen and oxygen atoms in total. The van der Waals surface area contributed by atoms with Crippen molar-refractivity contribution in [3.8, 4) is 0 Å². The fourth-order valence-corrected chi connectivity index (χ4v) is 4.59. The molecule has 0 aromatic carbocycles. The SMILES string of the molecule is CCCCCCCCCCCCCCCCCCOCC(CNCCNCCNCCNCC)OCC. The molecule has 0 aromatic heterocycles. The minimum atomic E-state index is 0.152. The molecule has 0 fully saturated rings. The van der Waals surface area contributed by atoms with Crippen molar-refractivity contribution >= 4 is 0 Å². The average Bonchev–Trinajstić information content (AvgIpc) is 2.91. The second-order valence-corrected chi connectivity index (χ2v) is 10.5. The van der Waals surface area contributed by atoms with E-state index in [0.717, 1.165) is 65.6 Å². The van der Waals surface area contributed by atoms with Gasteiger partial charge in [-0.05, 0) is 19.9 Å². The van der Waals surface area contributed by atoms with Crippen LogP contribution in [0.5, 0.6) is 0 Å². The molecule has 0 heterocycles. The van der Waals surface area contributed by atoms with Gasteiger partial charge in [-0.3, -0.25) is 0 Å². The number of hydrogen-bond acceptors (Lipinski definition) is 6. The molecule has 0 bridgehead atoms. The highest BCUT2D eigenvalue weighted by Crippen LogP contribution is 2.13. The van der Waals surface area contributed by atoms with Gasteiger partial charge in [-0.15, -0.1) is 0 Å². The quantitative estimate of drug-likeness (QED) is 0.0778.